The summed E-state index contributed by atoms with van der Waals surface area (Å²) in [5.74, 6) is -0.0400. The molecular formula is C15H11ClINO. The molecule has 1 heterocycles. The number of allylic oxidation sites excluding steroid dienone is 2. The first-order valence-electron chi connectivity index (χ1n) is 5.93. The second-order valence-corrected chi connectivity index (χ2v) is 6.12. The Kier molecular flexibility index (Phi) is 3.27. The van der Waals surface area contributed by atoms with E-state index in [0.717, 1.165) is 14.7 Å². The number of amides is 1. The van der Waals surface area contributed by atoms with Crippen molar-refractivity contribution in [3.05, 3.63) is 63.8 Å². The second-order valence-electron chi connectivity index (χ2n) is 4.54. The van der Waals surface area contributed by atoms with Crippen LogP contribution in [-0.2, 0) is 4.79 Å². The third kappa shape index (κ3) is 2.15. The highest BCUT2D eigenvalue weighted by Crippen LogP contribution is 2.41. The smallest absolute Gasteiger partial charge is 0.259 e. The zero-order valence-electron chi connectivity index (χ0n) is 9.94. The SMILES string of the molecule is O=C1NC2(C=CC(Cl)C=C2)C(c2ccccc2)=C1I. The number of carbonyl (C=O) groups excluding carboxylic acids is 1. The molecule has 1 aromatic carbocycles. The monoisotopic (exact) mass is 383 g/mol. The molecule has 0 unspecified atom stereocenters. The number of benzene rings is 1. The summed E-state index contributed by atoms with van der Waals surface area (Å²) in [5, 5.41) is 2.92. The molecule has 4 heteroatoms. The van der Waals surface area contributed by atoms with Crippen molar-refractivity contribution in [1.82, 2.24) is 5.32 Å². The zero-order chi connectivity index (χ0) is 13.5. The zero-order valence-corrected chi connectivity index (χ0v) is 12.9. The van der Waals surface area contributed by atoms with Gasteiger partial charge in [-0.15, -0.1) is 11.6 Å². The average Bonchev–Trinajstić information content (AvgIpc) is 2.66. The van der Waals surface area contributed by atoms with E-state index < -0.39 is 5.54 Å². The number of halogens is 2. The summed E-state index contributed by atoms with van der Waals surface area (Å²) in [6, 6.07) is 9.96. The molecule has 2 nitrogen and oxygen atoms in total. The summed E-state index contributed by atoms with van der Waals surface area (Å²) < 4.78 is 0.728. The van der Waals surface area contributed by atoms with Gasteiger partial charge < -0.3 is 5.32 Å². The van der Waals surface area contributed by atoms with Crippen LogP contribution in [0, 0.1) is 0 Å². The van der Waals surface area contributed by atoms with Crippen LogP contribution in [0.2, 0.25) is 0 Å². The first kappa shape index (κ1) is 12.9. The Morgan fingerprint density at radius 1 is 1.16 bits per heavy atom. The maximum absolute atomic E-state index is 12.0. The van der Waals surface area contributed by atoms with E-state index in [1.54, 1.807) is 0 Å². The molecule has 1 aliphatic heterocycles. The minimum absolute atomic E-state index is 0.0400. The van der Waals surface area contributed by atoms with Gasteiger partial charge >= 0.3 is 0 Å². The Morgan fingerprint density at radius 2 is 1.79 bits per heavy atom. The van der Waals surface area contributed by atoms with Gasteiger partial charge in [0.2, 0.25) is 0 Å². The molecule has 0 fully saturated rings. The molecule has 0 atom stereocenters. The first-order valence-corrected chi connectivity index (χ1v) is 7.45. The van der Waals surface area contributed by atoms with Crippen molar-refractivity contribution in [2.45, 2.75) is 10.9 Å². The molecule has 0 saturated heterocycles. The minimum Gasteiger partial charge on any atom is -0.335 e. The van der Waals surface area contributed by atoms with Crippen LogP contribution in [0.5, 0.6) is 0 Å². The van der Waals surface area contributed by atoms with E-state index >= 15 is 0 Å². The fourth-order valence-corrected chi connectivity index (χ4v) is 3.47. The maximum Gasteiger partial charge on any atom is 0.259 e. The van der Waals surface area contributed by atoms with Crippen molar-refractivity contribution in [1.29, 1.82) is 0 Å². The van der Waals surface area contributed by atoms with Gasteiger partial charge in [-0.2, -0.15) is 0 Å². The van der Waals surface area contributed by atoms with Gasteiger partial charge in [0.1, 0.15) is 5.54 Å². The average molecular weight is 384 g/mol. The van der Waals surface area contributed by atoms with Crippen LogP contribution >= 0.6 is 34.2 Å². The van der Waals surface area contributed by atoms with E-state index in [4.69, 9.17) is 11.6 Å². The molecule has 0 aromatic heterocycles. The fraction of sp³-hybridized carbons (Fsp3) is 0.133. The summed E-state index contributed by atoms with van der Waals surface area (Å²) in [6.45, 7) is 0. The molecule has 3 rings (SSSR count). The highest BCUT2D eigenvalue weighted by Gasteiger charge is 2.42. The quantitative estimate of drug-likeness (QED) is 0.449. The Balaban J connectivity index is 2.16. The predicted octanol–water partition coefficient (Wildman–Crippen LogP) is 3.43. The van der Waals surface area contributed by atoms with E-state index in [-0.39, 0.29) is 11.3 Å². The van der Waals surface area contributed by atoms with Crippen molar-refractivity contribution in [3.8, 4) is 0 Å². The fourth-order valence-electron chi connectivity index (χ4n) is 2.43. The van der Waals surface area contributed by atoms with Crippen molar-refractivity contribution in [3.63, 3.8) is 0 Å². The molecule has 1 aliphatic carbocycles. The molecule has 1 spiro atoms. The van der Waals surface area contributed by atoms with Gasteiger partial charge in [0, 0.05) is 5.57 Å². The van der Waals surface area contributed by atoms with Crippen LogP contribution < -0.4 is 5.32 Å². The summed E-state index contributed by atoms with van der Waals surface area (Å²) >= 11 is 8.15. The van der Waals surface area contributed by atoms with Gasteiger partial charge in [0.05, 0.1) is 8.96 Å². The number of hydrogen-bond donors (Lipinski definition) is 1. The van der Waals surface area contributed by atoms with E-state index in [2.05, 4.69) is 27.9 Å². The lowest BCUT2D eigenvalue weighted by Crippen LogP contribution is -2.41. The molecule has 1 amide bonds. The molecule has 96 valence electrons. The largest absolute Gasteiger partial charge is 0.335 e. The summed E-state index contributed by atoms with van der Waals surface area (Å²) in [5.41, 5.74) is 1.49. The Hall–Kier alpha value is -1.07. The lowest BCUT2D eigenvalue weighted by atomic mass is 9.84. The topological polar surface area (TPSA) is 29.1 Å². The third-order valence-electron chi connectivity index (χ3n) is 3.30. The van der Waals surface area contributed by atoms with E-state index in [1.807, 2.05) is 54.6 Å². The Labute approximate surface area is 130 Å². The van der Waals surface area contributed by atoms with Gasteiger partial charge in [0.15, 0.2) is 0 Å². The highest BCUT2D eigenvalue weighted by molar-refractivity contribution is 14.1. The number of nitrogens with one attached hydrogen (secondary N) is 1. The molecule has 1 aromatic rings. The van der Waals surface area contributed by atoms with Crippen molar-refractivity contribution in [2.24, 2.45) is 0 Å². The van der Waals surface area contributed by atoms with Gasteiger partial charge in [-0.25, -0.2) is 0 Å². The van der Waals surface area contributed by atoms with Crippen molar-refractivity contribution in [2.75, 3.05) is 0 Å². The number of carbonyl (C=O) groups is 1. The van der Waals surface area contributed by atoms with Crippen LogP contribution in [0.1, 0.15) is 5.56 Å². The summed E-state index contributed by atoms with van der Waals surface area (Å²) in [4.78, 5) is 12.0. The van der Waals surface area contributed by atoms with Crippen LogP contribution in [-0.4, -0.2) is 16.8 Å². The van der Waals surface area contributed by atoms with Crippen LogP contribution in [0.25, 0.3) is 5.57 Å². The Morgan fingerprint density at radius 3 is 2.42 bits per heavy atom. The summed E-state index contributed by atoms with van der Waals surface area (Å²) in [7, 11) is 0. The second kappa shape index (κ2) is 4.80. The van der Waals surface area contributed by atoms with Gasteiger partial charge in [0.25, 0.3) is 5.91 Å². The third-order valence-corrected chi connectivity index (χ3v) is 4.62. The molecular weight excluding hydrogens is 373 g/mol. The lowest BCUT2D eigenvalue weighted by molar-refractivity contribution is -0.116. The first-order chi connectivity index (χ1) is 9.12. The van der Waals surface area contributed by atoms with Crippen molar-refractivity contribution >= 4 is 45.7 Å². The lowest BCUT2D eigenvalue weighted by Gasteiger charge is -2.29. The molecule has 2 aliphatic rings. The highest BCUT2D eigenvalue weighted by atomic mass is 127. The summed E-state index contributed by atoms with van der Waals surface area (Å²) in [6.07, 6.45) is 7.74. The number of hydrogen-bond acceptors (Lipinski definition) is 1. The molecule has 0 saturated carbocycles. The van der Waals surface area contributed by atoms with Crippen molar-refractivity contribution < 1.29 is 4.79 Å². The van der Waals surface area contributed by atoms with Crippen LogP contribution in [0.4, 0.5) is 0 Å². The normalized spacial score (nSPS) is 29.2. The van der Waals surface area contributed by atoms with Gasteiger partial charge in [-0.3, -0.25) is 4.79 Å². The minimum atomic E-state index is -0.555. The standard InChI is InChI=1S/C15H11ClINO/c16-11-6-8-15(9-7-11)12(13(17)14(19)18-15)10-4-2-1-3-5-10/h1-9,11H,(H,18,19). The van der Waals surface area contributed by atoms with Crippen LogP contribution in [0.15, 0.2) is 58.2 Å². The van der Waals surface area contributed by atoms with E-state index in [0.29, 0.717) is 0 Å². The maximum atomic E-state index is 12.0. The molecule has 0 bridgehead atoms. The number of rotatable bonds is 1. The van der Waals surface area contributed by atoms with E-state index in [1.165, 1.54) is 0 Å². The van der Waals surface area contributed by atoms with E-state index in [9.17, 15) is 4.79 Å². The van der Waals surface area contributed by atoms with Gasteiger partial charge in [-0.05, 0) is 28.2 Å². The predicted molar refractivity (Wildman–Crippen MR) is 86.2 cm³/mol. The van der Waals surface area contributed by atoms with Gasteiger partial charge in [-0.1, -0.05) is 54.6 Å². The van der Waals surface area contributed by atoms with Crippen LogP contribution in [0.3, 0.4) is 0 Å². The molecule has 0 radical (unpaired) electrons. The Bertz CT molecular complexity index is 604. The molecule has 19 heavy (non-hydrogen) atoms. The number of alkyl halides is 1. The molecule has 1 N–H and O–H groups in total.